The fraction of sp³-hybridized carbons (Fsp3) is 0.0714. The third-order valence-corrected chi connectivity index (χ3v) is 2.44. The summed E-state index contributed by atoms with van der Waals surface area (Å²) < 4.78 is 4.47. The lowest BCUT2D eigenvalue weighted by Gasteiger charge is -2.03. The number of esters is 1. The Morgan fingerprint density at radius 1 is 1.18 bits per heavy atom. The Balaban J connectivity index is 2.58. The van der Waals surface area contributed by atoms with Crippen molar-refractivity contribution in [3.05, 3.63) is 42.0 Å². The van der Waals surface area contributed by atoms with Gasteiger partial charge in [0.05, 0.1) is 7.11 Å². The molecule has 0 saturated carbocycles. The lowest BCUT2D eigenvalue weighted by molar-refractivity contribution is -0.133. The molecule has 84 valence electrons. The van der Waals surface area contributed by atoms with Gasteiger partial charge in [-0.2, -0.15) is 0 Å². The normalized spacial score (nSPS) is 9.47. The highest BCUT2D eigenvalue weighted by atomic mass is 16.5. The van der Waals surface area contributed by atoms with Gasteiger partial charge < -0.3 is 10.5 Å². The second-order valence-electron chi connectivity index (χ2n) is 3.49. The maximum Gasteiger partial charge on any atom is 0.384 e. The van der Waals surface area contributed by atoms with Gasteiger partial charge >= 0.3 is 5.97 Å². The standard InChI is InChI=1S/C14H11NO2/c1-17-14(16)9-7-10-6-8-13(15)12-5-3-2-4-11(10)12/h2-6,8H,15H2,1H3. The summed E-state index contributed by atoms with van der Waals surface area (Å²) in [5, 5.41) is 1.87. The minimum absolute atomic E-state index is 0.550. The summed E-state index contributed by atoms with van der Waals surface area (Å²) in [4.78, 5) is 11.0. The van der Waals surface area contributed by atoms with E-state index in [9.17, 15) is 4.79 Å². The van der Waals surface area contributed by atoms with Crippen LogP contribution in [0.1, 0.15) is 5.56 Å². The number of fused-ring (bicyclic) bond motifs is 1. The average Bonchev–Trinajstić information content (AvgIpc) is 2.38. The topological polar surface area (TPSA) is 52.3 Å². The van der Waals surface area contributed by atoms with E-state index in [2.05, 4.69) is 16.6 Å². The Morgan fingerprint density at radius 2 is 1.88 bits per heavy atom. The van der Waals surface area contributed by atoms with Crippen molar-refractivity contribution >= 4 is 22.4 Å². The predicted molar refractivity (Wildman–Crippen MR) is 67.3 cm³/mol. The molecule has 0 aromatic heterocycles. The maximum atomic E-state index is 11.0. The van der Waals surface area contributed by atoms with Gasteiger partial charge in [-0.1, -0.05) is 30.2 Å². The fourth-order valence-corrected chi connectivity index (χ4v) is 1.60. The zero-order chi connectivity index (χ0) is 12.3. The van der Waals surface area contributed by atoms with E-state index < -0.39 is 5.97 Å². The van der Waals surface area contributed by atoms with Gasteiger partial charge in [-0.15, -0.1) is 0 Å². The molecule has 17 heavy (non-hydrogen) atoms. The molecule has 2 aromatic rings. The Bertz CT molecular complexity index is 635. The number of nitrogens with two attached hydrogens (primary N) is 1. The van der Waals surface area contributed by atoms with Crippen molar-refractivity contribution in [3.8, 4) is 11.8 Å². The van der Waals surface area contributed by atoms with Crippen LogP contribution in [0.3, 0.4) is 0 Å². The van der Waals surface area contributed by atoms with Crippen LogP contribution in [0.25, 0.3) is 10.8 Å². The molecule has 0 unspecified atom stereocenters. The number of rotatable bonds is 0. The second kappa shape index (κ2) is 4.58. The monoisotopic (exact) mass is 225 g/mol. The van der Waals surface area contributed by atoms with Crippen molar-refractivity contribution in [2.75, 3.05) is 12.8 Å². The van der Waals surface area contributed by atoms with Gasteiger partial charge in [-0.25, -0.2) is 4.79 Å². The van der Waals surface area contributed by atoms with E-state index in [0.29, 0.717) is 5.69 Å². The number of carbonyl (C=O) groups excluding carboxylic acids is 1. The van der Waals surface area contributed by atoms with Gasteiger partial charge in [-0.3, -0.25) is 0 Å². The van der Waals surface area contributed by atoms with Crippen LogP contribution < -0.4 is 5.73 Å². The molecule has 2 N–H and O–H groups in total. The van der Waals surface area contributed by atoms with Crippen LogP contribution in [-0.4, -0.2) is 13.1 Å². The number of hydrogen-bond donors (Lipinski definition) is 1. The van der Waals surface area contributed by atoms with E-state index in [1.54, 1.807) is 12.1 Å². The molecular formula is C14H11NO2. The van der Waals surface area contributed by atoms with Crippen LogP contribution >= 0.6 is 0 Å². The van der Waals surface area contributed by atoms with Crippen molar-refractivity contribution < 1.29 is 9.53 Å². The zero-order valence-corrected chi connectivity index (χ0v) is 9.36. The molecule has 0 radical (unpaired) electrons. The molecule has 0 amide bonds. The summed E-state index contributed by atoms with van der Waals surface area (Å²) in [6.45, 7) is 0. The number of nitrogen functional groups attached to an aromatic ring is 1. The summed E-state index contributed by atoms with van der Waals surface area (Å²) in [7, 11) is 1.30. The first-order valence-electron chi connectivity index (χ1n) is 5.09. The highest BCUT2D eigenvalue weighted by Crippen LogP contribution is 2.23. The van der Waals surface area contributed by atoms with Crippen molar-refractivity contribution in [3.63, 3.8) is 0 Å². The Hall–Kier alpha value is -2.47. The number of carbonyl (C=O) groups is 1. The molecule has 2 aromatic carbocycles. The van der Waals surface area contributed by atoms with E-state index in [-0.39, 0.29) is 0 Å². The lowest BCUT2D eigenvalue weighted by atomic mass is 10.0. The predicted octanol–water partition coefficient (Wildman–Crippen LogP) is 1.95. The second-order valence-corrected chi connectivity index (χ2v) is 3.49. The number of hydrogen-bond acceptors (Lipinski definition) is 3. The summed E-state index contributed by atoms with van der Waals surface area (Å²) in [5.41, 5.74) is 7.33. The van der Waals surface area contributed by atoms with E-state index in [4.69, 9.17) is 5.73 Å². The minimum Gasteiger partial charge on any atom is -0.459 e. The molecule has 0 fully saturated rings. The SMILES string of the molecule is COC(=O)C#Cc1ccc(N)c2ccccc12. The fourth-order valence-electron chi connectivity index (χ4n) is 1.60. The number of methoxy groups -OCH3 is 1. The van der Waals surface area contributed by atoms with Gasteiger partial charge in [0.2, 0.25) is 0 Å². The average molecular weight is 225 g/mol. The molecular weight excluding hydrogens is 214 g/mol. The van der Waals surface area contributed by atoms with Crippen molar-refractivity contribution in [1.29, 1.82) is 0 Å². The van der Waals surface area contributed by atoms with Crippen LogP contribution in [0, 0.1) is 11.8 Å². The first kappa shape index (κ1) is 11.0. The third kappa shape index (κ3) is 2.21. The molecule has 0 atom stereocenters. The van der Waals surface area contributed by atoms with Crippen molar-refractivity contribution in [1.82, 2.24) is 0 Å². The Labute approximate surface area is 99.2 Å². The Kier molecular flexibility index (Phi) is 2.97. The van der Waals surface area contributed by atoms with E-state index in [1.807, 2.05) is 24.3 Å². The molecule has 2 rings (SSSR count). The van der Waals surface area contributed by atoms with Crippen LogP contribution in [0.4, 0.5) is 5.69 Å². The number of anilines is 1. The minimum atomic E-state index is -0.550. The Morgan fingerprint density at radius 3 is 2.59 bits per heavy atom. The number of ether oxygens (including phenoxy) is 1. The summed E-state index contributed by atoms with van der Waals surface area (Å²) in [5.74, 6) is 4.64. The summed E-state index contributed by atoms with van der Waals surface area (Å²) in [6.07, 6.45) is 0. The van der Waals surface area contributed by atoms with Crippen LogP contribution in [0.2, 0.25) is 0 Å². The largest absolute Gasteiger partial charge is 0.459 e. The van der Waals surface area contributed by atoms with Crippen molar-refractivity contribution in [2.24, 2.45) is 0 Å². The first-order chi connectivity index (χ1) is 8.22. The van der Waals surface area contributed by atoms with E-state index in [1.165, 1.54) is 7.11 Å². The maximum absolute atomic E-state index is 11.0. The summed E-state index contributed by atoms with van der Waals surface area (Å²) >= 11 is 0. The highest BCUT2D eigenvalue weighted by Gasteiger charge is 2.01. The van der Waals surface area contributed by atoms with E-state index >= 15 is 0 Å². The van der Waals surface area contributed by atoms with Gasteiger partial charge in [0.25, 0.3) is 0 Å². The van der Waals surface area contributed by atoms with Crippen LogP contribution in [-0.2, 0) is 9.53 Å². The first-order valence-corrected chi connectivity index (χ1v) is 5.09. The van der Waals surface area contributed by atoms with Crippen LogP contribution in [0.15, 0.2) is 36.4 Å². The molecule has 0 aliphatic heterocycles. The molecule has 3 heteroatoms. The molecule has 0 bridgehead atoms. The van der Waals surface area contributed by atoms with Gasteiger partial charge in [0.1, 0.15) is 0 Å². The molecule has 0 heterocycles. The molecule has 0 spiro atoms. The smallest absolute Gasteiger partial charge is 0.384 e. The summed E-state index contributed by atoms with van der Waals surface area (Å²) in [6, 6.07) is 11.2. The van der Waals surface area contributed by atoms with Crippen LogP contribution in [0.5, 0.6) is 0 Å². The highest BCUT2D eigenvalue weighted by molar-refractivity contribution is 5.98. The third-order valence-electron chi connectivity index (χ3n) is 2.44. The molecule has 3 nitrogen and oxygen atoms in total. The quantitative estimate of drug-likeness (QED) is 0.423. The molecule has 0 aliphatic rings. The van der Waals surface area contributed by atoms with Gasteiger partial charge in [0.15, 0.2) is 0 Å². The van der Waals surface area contributed by atoms with Crippen molar-refractivity contribution in [2.45, 2.75) is 0 Å². The number of benzene rings is 2. The zero-order valence-electron chi connectivity index (χ0n) is 9.36. The molecule has 0 saturated heterocycles. The molecule has 0 aliphatic carbocycles. The lowest BCUT2D eigenvalue weighted by Crippen LogP contribution is -1.95. The van der Waals surface area contributed by atoms with Gasteiger partial charge in [0, 0.05) is 22.6 Å². The van der Waals surface area contributed by atoms with E-state index in [0.717, 1.165) is 16.3 Å². The van der Waals surface area contributed by atoms with Gasteiger partial charge in [-0.05, 0) is 17.5 Å².